The summed E-state index contributed by atoms with van der Waals surface area (Å²) in [6.07, 6.45) is 2.49. The van der Waals surface area contributed by atoms with E-state index in [4.69, 9.17) is 4.74 Å². The first-order valence-electron chi connectivity index (χ1n) is 8.84. The van der Waals surface area contributed by atoms with E-state index in [0.29, 0.717) is 26.2 Å². The van der Waals surface area contributed by atoms with Crippen molar-refractivity contribution in [2.45, 2.75) is 57.2 Å². The molecule has 3 saturated carbocycles. The fourth-order valence-corrected chi connectivity index (χ4v) is 4.99. The van der Waals surface area contributed by atoms with Gasteiger partial charge in [0.1, 0.15) is 5.60 Å². The molecule has 24 heavy (non-hydrogen) atoms. The minimum atomic E-state index is -0.504. The number of urea groups is 1. The number of aliphatic hydroxyl groups excluding tert-OH is 1. The Balaban J connectivity index is 1.40. The average molecular weight is 337 g/mol. The molecule has 3 aliphatic carbocycles. The molecular formula is C17H27N3O4. The Labute approximate surface area is 142 Å². The fourth-order valence-electron chi connectivity index (χ4n) is 4.99. The topological polar surface area (TPSA) is 73.3 Å². The molecule has 0 aromatic carbocycles. The first kappa shape index (κ1) is 16.0. The molecule has 1 N–H and O–H groups in total. The average Bonchev–Trinajstić information content (AvgIpc) is 2.72. The highest BCUT2D eigenvalue weighted by Crippen LogP contribution is 2.70. The molecule has 1 atom stereocenters. The molecule has 5 aliphatic rings. The summed E-state index contributed by atoms with van der Waals surface area (Å²) in [5.74, 6) is 0. The van der Waals surface area contributed by atoms with Gasteiger partial charge in [-0.3, -0.25) is 0 Å². The zero-order valence-corrected chi connectivity index (χ0v) is 14.7. The van der Waals surface area contributed by atoms with E-state index in [2.05, 4.69) is 0 Å². The monoisotopic (exact) mass is 337 g/mol. The van der Waals surface area contributed by atoms with Gasteiger partial charge in [0.15, 0.2) is 0 Å². The molecule has 2 saturated heterocycles. The minimum absolute atomic E-state index is 0.0199. The van der Waals surface area contributed by atoms with Crippen LogP contribution in [0.25, 0.3) is 0 Å². The van der Waals surface area contributed by atoms with Crippen LogP contribution in [0.4, 0.5) is 9.59 Å². The van der Waals surface area contributed by atoms with Gasteiger partial charge in [-0.2, -0.15) is 0 Å². The van der Waals surface area contributed by atoms with Crippen LogP contribution in [0.2, 0.25) is 0 Å². The number of fused-ring (bicyclic) bond motifs is 1. The van der Waals surface area contributed by atoms with Crippen LogP contribution >= 0.6 is 0 Å². The molecule has 0 radical (unpaired) electrons. The number of hydrogen-bond donors (Lipinski definition) is 1. The predicted molar refractivity (Wildman–Crippen MR) is 86.5 cm³/mol. The lowest BCUT2D eigenvalue weighted by Crippen LogP contribution is -2.76. The molecule has 0 aromatic heterocycles. The molecule has 7 nitrogen and oxygen atoms in total. The number of piperazine rings is 1. The second-order valence-corrected chi connectivity index (χ2v) is 9.08. The van der Waals surface area contributed by atoms with Crippen LogP contribution in [0.3, 0.4) is 0 Å². The number of carbonyl (C=O) groups excluding carboxylic acids is 2. The standard InChI is InChI=1S/C17H27N3O4/c1-15(2,3)24-14(23)18-4-5-19-12(6-18)7-20(13(19)22)17-8-16(9-17,10-17)11-21/h12,21H,4-11H2,1-3H3/t12-,16?,17?/m0/s1. The maximum atomic E-state index is 12.8. The summed E-state index contributed by atoms with van der Waals surface area (Å²) >= 11 is 0. The van der Waals surface area contributed by atoms with Gasteiger partial charge in [0, 0.05) is 43.7 Å². The Kier molecular flexibility index (Phi) is 3.18. The normalized spacial score (nSPS) is 37.8. The van der Waals surface area contributed by atoms with Gasteiger partial charge in [0.2, 0.25) is 0 Å². The van der Waals surface area contributed by atoms with Gasteiger partial charge < -0.3 is 24.5 Å². The third-order valence-electron chi connectivity index (χ3n) is 6.02. The number of rotatable bonds is 2. The molecule has 0 spiro atoms. The maximum absolute atomic E-state index is 12.8. The summed E-state index contributed by atoms with van der Waals surface area (Å²) in [7, 11) is 0. The lowest BCUT2D eigenvalue weighted by molar-refractivity contribution is -0.217. The molecule has 2 heterocycles. The number of hydrogen-bond acceptors (Lipinski definition) is 4. The number of carbonyl (C=O) groups is 2. The van der Waals surface area contributed by atoms with Crippen molar-refractivity contribution in [3.05, 3.63) is 0 Å². The summed E-state index contributed by atoms with van der Waals surface area (Å²) in [5.41, 5.74) is -0.434. The molecule has 134 valence electrons. The SMILES string of the molecule is CC(C)(C)OC(=O)N1CCN2C(=O)N(C34CC(CO)(C3)C4)C[C@@H]2C1. The zero-order chi connectivity index (χ0) is 17.3. The van der Waals surface area contributed by atoms with Gasteiger partial charge in [-0.1, -0.05) is 0 Å². The Morgan fingerprint density at radius 3 is 2.50 bits per heavy atom. The van der Waals surface area contributed by atoms with Crippen molar-refractivity contribution >= 4 is 12.1 Å². The van der Waals surface area contributed by atoms with Crippen LogP contribution in [-0.4, -0.2) is 81.9 Å². The molecular weight excluding hydrogens is 310 g/mol. The highest BCUT2D eigenvalue weighted by molar-refractivity contribution is 5.80. The van der Waals surface area contributed by atoms with E-state index < -0.39 is 5.60 Å². The summed E-state index contributed by atoms with van der Waals surface area (Å²) < 4.78 is 5.46. The highest BCUT2D eigenvalue weighted by Gasteiger charge is 2.72. The molecule has 0 aromatic rings. The third-order valence-corrected chi connectivity index (χ3v) is 6.02. The Morgan fingerprint density at radius 1 is 1.25 bits per heavy atom. The van der Waals surface area contributed by atoms with Crippen LogP contribution in [-0.2, 0) is 4.74 Å². The van der Waals surface area contributed by atoms with Crippen LogP contribution in [0, 0.1) is 5.41 Å². The van der Waals surface area contributed by atoms with E-state index in [0.717, 1.165) is 19.3 Å². The first-order valence-corrected chi connectivity index (χ1v) is 8.84. The van der Waals surface area contributed by atoms with Crippen LogP contribution < -0.4 is 0 Å². The van der Waals surface area contributed by atoms with E-state index in [1.165, 1.54) is 0 Å². The van der Waals surface area contributed by atoms with Gasteiger partial charge in [0.05, 0.1) is 6.04 Å². The van der Waals surface area contributed by atoms with Gasteiger partial charge in [-0.15, -0.1) is 0 Å². The van der Waals surface area contributed by atoms with Gasteiger partial charge in [0.25, 0.3) is 0 Å². The highest BCUT2D eigenvalue weighted by atomic mass is 16.6. The van der Waals surface area contributed by atoms with Crippen molar-refractivity contribution in [3.8, 4) is 0 Å². The number of nitrogens with zero attached hydrogens (tertiary/aromatic N) is 3. The number of aliphatic hydroxyl groups is 1. The van der Waals surface area contributed by atoms with E-state index >= 15 is 0 Å². The minimum Gasteiger partial charge on any atom is -0.444 e. The zero-order valence-electron chi connectivity index (χ0n) is 14.7. The third kappa shape index (κ3) is 2.20. The van der Waals surface area contributed by atoms with Crippen molar-refractivity contribution in [1.29, 1.82) is 0 Å². The smallest absolute Gasteiger partial charge is 0.410 e. The van der Waals surface area contributed by atoms with E-state index in [-0.39, 0.29) is 35.7 Å². The summed E-state index contributed by atoms with van der Waals surface area (Å²) in [4.78, 5) is 30.7. The van der Waals surface area contributed by atoms with E-state index in [9.17, 15) is 14.7 Å². The maximum Gasteiger partial charge on any atom is 0.410 e. The first-order chi connectivity index (χ1) is 11.2. The predicted octanol–water partition coefficient (Wildman–Crippen LogP) is 1.26. The summed E-state index contributed by atoms with van der Waals surface area (Å²) in [6.45, 7) is 8.14. The van der Waals surface area contributed by atoms with Crippen molar-refractivity contribution in [1.82, 2.24) is 14.7 Å². The van der Waals surface area contributed by atoms with Crippen LogP contribution in [0.1, 0.15) is 40.0 Å². The van der Waals surface area contributed by atoms with Crippen molar-refractivity contribution in [2.75, 3.05) is 32.8 Å². The van der Waals surface area contributed by atoms with Crippen molar-refractivity contribution in [2.24, 2.45) is 5.41 Å². The summed E-state index contributed by atoms with van der Waals surface area (Å²) in [5, 5.41) is 9.43. The molecule has 2 aliphatic heterocycles. The van der Waals surface area contributed by atoms with Crippen LogP contribution in [0.15, 0.2) is 0 Å². The second-order valence-electron chi connectivity index (χ2n) is 9.08. The molecule has 5 fully saturated rings. The van der Waals surface area contributed by atoms with Gasteiger partial charge >= 0.3 is 12.1 Å². The Bertz CT molecular complexity index is 565. The lowest BCUT2D eigenvalue weighted by Gasteiger charge is -2.72. The Hall–Kier alpha value is -1.50. The van der Waals surface area contributed by atoms with E-state index in [1.807, 2.05) is 30.6 Å². The fraction of sp³-hybridized carbons (Fsp3) is 0.882. The number of ether oxygens (including phenoxy) is 1. The van der Waals surface area contributed by atoms with Crippen molar-refractivity contribution < 1.29 is 19.4 Å². The quantitative estimate of drug-likeness (QED) is 0.823. The second kappa shape index (κ2) is 4.77. The lowest BCUT2D eigenvalue weighted by atomic mass is 9.39. The van der Waals surface area contributed by atoms with Crippen LogP contribution in [0.5, 0.6) is 0 Å². The summed E-state index contributed by atoms with van der Waals surface area (Å²) in [6, 6.07) is 0.160. The number of amides is 3. The molecule has 5 rings (SSSR count). The molecule has 2 bridgehead atoms. The largest absolute Gasteiger partial charge is 0.444 e. The van der Waals surface area contributed by atoms with Crippen molar-refractivity contribution in [3.63, 3.8) is 0 Å². The Morgan fingerprint density at radius 2 is 1.92 bits per heavy atom. The molecule has 3 amide bonds. The molecule has 7 heteroatoms. The molecule has 0 unspecified atom stereocenters. The van der Waals surface area contributed by atoms with E-state index in [1.54, 1.807) is 4.90 Å². The van der Waals surface area contributed by atoms with Gasteiger partial charge in [-0.05, 0) is 40.0 Å². The van der Waals surface area contributed by atoms with Gasteiger partial charge in [-0.25, -0.2) is 9.59 Å².